The minimum atomic E-state index is -0.380. The van der Waals surface area contributed by atoms with Crippen LogP contribution in [0.15, 0.2) is 17.5 Å². The number of halogens is 2. The van der Waals surface area contributed by atoms with Gasteiger partial charge in [-0.15, -0.1) is 47.5 Å². The van der Waals surface area contributed by atoms with Gasteiger partial charge in [-0.3, -0.25) is 4.79 Å². The monoisotopic (exact) mass is 395 g/mol. The lowest BCUT2D eigenvalue weighted by Crippen LogP contribution is -2.34. The van der Waals surface area contributed by atoms with E-state index in [9.17, 15) is 9.90 Å². The Labute approximate surface area is 155 Å². The molecule has 3 heterocycles. The van der Waals surface area contributed by atoms with Crippen LogP contribution in [0.4, 0.5) is 0 Å². The summed E-state index contributed by atoms with van der Waals surface area (Å²) in [7, 11) is 0. The van der Waals surface area contributed by atoms with Crippen LogP contribution in [0, 0.1) is 12.8 Å². The molecule has 3 rings (SSSR count). The van der Waals surface area contributed by atoms with Crippen molar-refractivity contribution < 1.29 is 9.90 Å². The summed E-state index contributed by atoms with van der Waals surface area (Å²) in [5.74, 6) is -0.0224. The van der Waals surface area contributed by atoms with Crippen molar-refractivity contribution in [2.75, 3.05) is 19.6 Å². The fraction of sp³-hybridized carbons (Fsp3) is 0.429. The van der Waals surface area contributed by atoms with Crippen LogP contribution in [0.5, 0.6) is 0 Å². The molecule has 2 atom stereocenters. The second kappa shape index (κ2) is 8.96. The SMILES string of the molecule is Cc1nc(-c2cccs2)sc1C(=O)NCC1CNCC1O.Cl.Cl. The molecule has 1 aliphatic heterocycles. The predicted octanol–water partition coefficient (Wildman–Crippen LogP) is 2.33. The first kappa shape index (κ1) is 20.3. The normalized spacial score (nSPS) is 19.7. The number of aryl methyl sites for hydroxylation is 1. The number of nitrogens with one attached hydrogen (secondary N) is 2. The first-order valence-corrected chi connectivity index (χ1v) is 8.53. The number of hydrogen-bond donors (Lipinski definition) is 3. The van der Waals surface area contributed by atoms with Crippen molar-refractivity contribution in [2.24, 2.45) is 5.92 Å². The Hall–Kier alpha value is -0.700. The van der Waals surface area contributed by atoms with Crippen molar-refractivity contribution in [3.05, 3.63) is 28.1 Å². The summed E-state index contributed by atoms with van der Waals surface area (Å²) < 4.78 is 0. The summed E-state index contributed by atoms with van der Waals surface area (Å²) in [6.07, 6.45) is -0.380. The number of hydrogen-bond acceptors (Lipinski definition) is 6. The summed E-state index contributed by atoms with van der Waals surface area (Å²) in [5.41, 5.74) is 0.756. The van der Waals surface area contributed by atoms with Gasteiger partial charge in [-0.25, -0.2) is 4.98 Å². The van der Waals surface area contributed by atoms with Crippen LogP contribution in [0.3, 0.4) is 0 Å². The molecule has 0 aliphatic carbocycles. The number of aliphatic hydroxyl groups is 1. The van der Waals surface area contributed by atoms with Crippen molar-refractivity contribution >= 4 is 53.4 Å². The number of thiazole rings is 1. The average molecular weight is 396 g/mol. The number of nitrogens with zero attached hydrogens (tertiary/aromatic N) is 1. The van der Waals surface area contributed by atoms with Gasteiger partial charge in [0.05, 0.1) is 16.7 Å². The van der Waals surface area contributed by atoms with Crippen LogP contribution in [0.25, 0.3) is 9.88 Å². The molecule has 1 fully saturated rings. The van der Waals surface area contributed by atoms with E-state index in [1.54, 1.807) is 11.3 Å². The van der Waals surface area contributed by atoms with E-state index in [1.165, 1.54) is 11.3 Å². The van der Waals surface area contributed by atoms with E-state index in [0.29, 0.717) is 18.0 Å². The summed E-state index contributed by atoms with van der Waals surface area (Å²) in [4.78, 5) is 18.5. The second-order valence-corrected chi connectivity index (χ2v) is 7.05. The number of carbonyl (C=O) groups is 1. The molecule has 0 aromatic carbocycles. The molecule has 1 amide bonds. The average Bonchev–Trinajstić information content (AvgIpc) is 3.16. The smallest absolute Gasteiger partial charge is 0.263 e. The maximum atomic E-state index is 12.3. The van der Waals surface area contributed by atoms with Gasteiger partial charge in [-0.05, 0) is 18.4 Å². The molecule has 0 radical (unpaired) electrons. The molecule has 2 aromatic rings. The van der Waals surface area contributed by atoms with Crippen molar-refractivity contribution in [3.8, 4) is 9.88 Å². The van der Waals surface area contributed by atoms with Crippen LogP contribution >= 0.6 is 47.5 Å². The Morgan fingerprint density at radius 3 is 2.87 bits per heavy atom. The van der Waals surface area contributed by atoms with E-state index < -0.39 is 0 Å². The van der Waals surface area contributed by atoms with Crippen LogP contribution in [0.2, 0.25) is 0 Å². The van der Waals surface area contributed by atoms with E-state index in [4.69, 9.17) is 0 Å². The largest absolute Gasteiger partial charge is 0.391 e. The fourth-order valence-electron chi connectivity index (χ4n) is 2.34. The van der Waals surface area contributed by atoms with E-state index in [1.807, 2.05) is 24.4 Å². The third-order valence-corrected chi connectivity index (χ3v) is 5.76. The molecule has 5 nitrogen and oxygen atoms in total. The highest BCUT2D eigenvalue weighted by molar-refractivity contribution is 7.22. The van der Waals surface area contributed by atoms with E-state index in [2.05, 4.69) is 15.6 Å². The Morgan fingerprint density at radius 2 is 2.26 bits per heavy atom. The van der Waals surface area contributed by atoms with Crippen LogP contribution in [-0.4, -0.2) is 41.7 Å². The highest BCUT2D eigenvalue weighted by Crippen LogP contribution is 2.30. The minimum Gasteiger partial charge on any atom is -0.391 e. The predicted molar refractivity (Wildman–Crippen MR) is 99.4 cm³/mol. The molecule has 9 heteroatoms. The highest BCUT2D eigenvalue weighted by atomic mass is 35.5. The lowest BCUT2D eigenvalue weighted by atomic mass is 10.1. The Kier molecular flexibility index (Phi) is 7.93. The van der Waals surface area contributed by atoms with Crippen molar-refractivity contribution in [1.82, 2.24) is 15.6 Å². The van der Waals surface area contributed by atoms with Crippen molar-refractivity contribution in [3.63, 3.8) is 0 Å². The van der Waals surface area contributed by atoms with Crippen LogP contribution in [0.1, 0.15) is 15.4 Å². The Bertz CT molecular complexity index is 634. The van der Waals surface area contributed by atoms with Gasteiger partial charge < -0.3 is 15.7 Å². The molecular formula is C14H19Cl2N3O2S2. The second-order valence-electron chi connectivity index (χ2n) is 5.11. The zero-order valence-electron chi connectivity index (χ0n) is 12.4. The van der Waals surface area contributed by atoms with Gasteiger partial charge in [-0.1, -0.05) is 6.07 Å². The third-order valence-electron chi connectivity index (χ3n) is 3.56. The first-order valence-electron chi connectivity index (χ1n) is 6.83. The number of amides is 1. The van der Waals surface area contributed by atoms with Gasteiger partial charge in [0.15, 0.2) is 0 Å². The third kappa shape index (κ3) is 4.65. The fourth-order valence-corrected chi connectivity index (χ4v) is 4.12. The first-order chi connectivity index (χ1) is 10.1. The van der Waals surface area contributed by atoms with Crippen molar-refractivity contribution in [2.45, 2.75) is 13.0 Å². The molecule has 0 bridgehead atoms. The molecular weight excluding hydrogens is 377 g/mol. The summed E-state index contributed by atoms with van der Waals surface area (Å²) in [6.45, 7) is 3.68. The molecule has 128 valence electrons. The molecule has 0 spiro atoms. The maximum absolute atomic E-state index is 12.3. The van der Waals surface area contributed by atoms with Gasteiger partial charge in [0.2, 0.25) is 0 Å². The van der Waals surface area contributed by atoms with Gasteiger partial charge in [0.1, 0.15) is 9.88 Å². The maximum Gasteiger partial charge on any atom is 0.263 e. The van der Waals surface area contributed by atoms with Gasteiger partial charge in [0, 0.05) is 25.6 Å². The number of β-amino-alcohol motifs (C(OH)–C–C–N with tert-alkyl or cyclic N) is 1. The van der Waals surface area contributed by atoms with Crippen LogP contribution < -0.4 is 10.6 Å². The number of thiophene rings is 1. The number of rotatable bonds is 4. The summed E-state index contributed by atoms with van der Waals surface area (Å²) >= 11 is 3.04. The number of aromatic nitrogens is 1. The highest BCUT2D eigenvalue weighted by Gasteiger charge is 2.26. The molecule has 2 aromatic heterocycles. The van der Waals surface area contributed by atoms with Gasteiger partial charge >= 0.3 is 0 Å². The van der Waals surface area contributed by atoms with Gasteiger partial charge in [0.25, 0.3) is 5.91 Å². The molecule has 23 heavy (non-hydrogen) atoms. The van der Waals surface area contributed by atoms with Crippen molar-refractivity contribution in [1.29, 1.82) is 0 Å². The number of aliphatic hydroxyl groups excluding tert-OH is 1. The molecule has 0 saturated carbocycles. The molecule has 1 aliphatic rings. The topological polar surface area (TPSA) is 74.2 Å². The Morgan fingerprint density at radius 1 is 1.48 bits per heavy atom. The van der Waals surface area contributed by atoms with Crippen LogP contribution in [-0.2, 0) is 0 Å². The standard InChI is InChI=1S/C14H17N3O2S2.2ClH/c1-8-12(21-14(17-8)11-3-2-4-20-11)13(19)16-6-9-5-15-7-10(9)18;;/h2-4,9-10,15,18H,5-7H2,1H3,(H,16,19);2*1H. The molecule has 2 unspecified atom stereocenters. The lowest BCUT2D eigenvalue weighted by molar-refractivity contribution is 0.0930. The van der Waals surface area contributed by atoms with E-state index in [0.717, 1.165) is 22.1 Å². The summed E-state index contributed by atoms with van der Waals surface area (Å²) in [6, 6.07) is 3.98. The summed E-state index contributed by atoms with van der Waals surface area (Å²) in [5, 5.41) is 18.6. The molecule has 1 saturated heterocycles. The minimum absolute atomic E-state index is 0. The lowest BCUT2D eigenvalue weighted by Gasteiger charge is -2.13. The molecule has 3 N–H and O–H groups in total. The quantitative estimate of drug-likeness (QED) is 0.742. The zero-order valence-corrected chi connectivity index (χ0v) is 15.7. The Balaban J connectivity index is 0.00000132. The van der Waals surface area contributed by atoms with E-state index >= 15 is 0 Å². The zero-order chi connectivity index (χ0) is 14.8. The van der Waals surface area contributed by atoms with Gasteiger partial charge in [-0.2, -0.15) is 0 Å². The number of carbonyl (C=O) groups excluding carboxylic acids is 1. The van der Waals surface area contributed by atoms with E-state index in [-0.39, 0.29) is 42.7 Å².